The number of amides is 1. The lowest BCUT2D eigenvalue weighted by Crippen LogP contribution is -2.31. The maximum absolute atomic E-state index is 13.6. The highest BCUT2D eigenvalue weighted by Gasteiger charge is 2.20. The van der Waals surface area contributed by atoms with E-state index >= 15 is 0 Å². The Morgan fingerprint density at radius 1 is 0.964 bits per heavy atom. The third kappa shape index (κ3) is 3.64. The maximum atomic E-state index is 13.6. The lowest BCUT2D eigenvalue weighted by Gasteiger charge is -2.24. The van der Waals surface area contributed by atoms with Crippen molar-refractivity contribution in [2.75, 3.05) is 10.8 Å². The van der Waals surface area contributed by atoms with Gasteiger partial charge in [-0.25, -0.2) is 4.39 Å². The number of halogens is 2. The van der Waals surface area contributed by atoms with Crippen molar-refractivity contribution in [2.45, 2.75) is 6.54 Å². The molecule has 0 aliphatic rings. The van der Waals surface area contributed by atoms with Crippen LogP contribution < -0.4 is 4.90 Å². The normalized spacial score (nSPS) is 10.9. The minimum Gasteiger partial charge on any atom is -0.354 e. The molecule has 1 heterocycles. The number of alkyl halides is 1. The smallest absolute Gasteiger partial charge is 0.242 e. The number of aromatic amines is 1. The molecule has 0 fully saturated rings. The fourth-order valence-corrected chi connectivity index (χ4v) is 3.48. The quantitative estimate of drug-likeness (QED) is 0.431. The first-order valence-corrected chi connectivity index (χ1v) is 9.47. The number of aromatic nitrogens is 1. The predicted octanol–water partition coefficient (Wildman–Crippen LogP) is 5.75. The van der Waals surface area contributed by atoms with Gasteiger partial charge in [0.2, 0.25) is 5.91 Å². The number of H-pyrrole nitrogens is 1. The van der Waals surface area contributed by atoms with Gasteiger partial charge in [-0.05, 0) is 35.9 Å². The van der Waals surface area contributed by atoms with E-state index < -0.39 is 0 Å². The molecule has 4 aromatic rings. The predicted molar refractivity (Wildman–Crippen MR) is 112 cm³/mol. The number of rotatable bonds is 5. The molecule has 5 heteroatoms. The molecule has 1 N–H and O–H groups in total. The van der Waals surface area contributed by atoms with Crippen LogP contribution in [0.4, 0.5) is 10.1 Å². The molecular formula is C23H18ClFN2O. The van der Waals surface area contributed by atoms with Gasteiger partial charge < -0.3 is 9.88 Å². The van der Waals surface area contributed by atoms with Gasteiger partial charge in [0, 0.05) is 22.2 Å². The second kappa shape index (κ2) is 7.87. The summed E-state index contributed by atoms with van der Waals surface area (Å²) in [6.07, 6.45) is 0. The van der Waals surface area contributed by atoms with Crippen LogP contribution in [-0.2, 0) is 11.3 Å². The molecule has 140 valence electrons. The number of carbonyl (C=O) groups excluding carboxylic acids is 1. The Morgan fingerprint density at radius 3 is 2.50 bits per heavy atom. The molecule has 0 spiro atoms. The van der Waals surface area contributed by atoms with Gasteiger partial charge >= 0.3 is 0 Å². The fraction of sp³-hybridized carbons (Fsp3) is 0.0870. The van der Waals surface area contributed by atoms with Gasteiger partial charge in [0.15, 0.2) is 0 Å². The Labute approximate surface area is 167 Å². The van der Waals surface area contributed by atoms with E-state index in [0.29, 0.717) is 6.54 Å². The molecule has 3 nitrogen and oxygen atoms in total. The fourth-order valence-electron chi connectivity index (χ4n) is 3.33. The van der Waals surface area contributed by atoms with Crippen molar-refractivity contribution >= 4 is 34.1 Å². The number of nitrogens with one attached hydrogen (secondary N) is 1. The number of benzene rings is 3. The number of hydrogen-bond acceptors (Lipinski definition) is 1. The Hall–Kier alpha value is -3.11. The van der Waals surface area contributed by atoms with E-state index in [0.717, 1.165) is 33.4 Å². The summed E-state index contributed by atoms with van der Waals surface area (Å²) >= 11 is 5.90. The summed E-state index contributed by atoms with van der Waals surface area (Å²) in [5.74, 6) is -0.575. The van der Waals surface area contributed by atoms with Gasteiger partial charge in [0.05, 0.1) is 12.2 Å². The van der Waals surface area contributed by atoms with E-state index in [9.17, 15) is 9.18 Å². The number of carbonyl (C=O) groups is 1. The largest absolute Gasteiger partial charge is 0.354 e. The van der Waals surface area contributed by atoms with Crippen LogP contribution in [-0.4, -0.2) is 16.8 Å². The molecule has 0 atom stereocenters. The Balaban J connectivity index is 1.80. The van der Waals surface area contributed by atoms with Crippen molar-refractivity contribution in [3.63, 3.8) is 0 Å². The Kier molecular flexibility index (Phi) is 5.13. The third-order valence-corrected chi connectivity index (χ3v) is 4.90. The molecule has 0 saturated heterocycles. The molecule has 0 radical (unpaired) electrons. The van der Waals surface area contributed by atoms with Crippen LogP contribution in [0.3, 0.4) is 0 Å². The number of nitrogens with zero attached hydrogens (tertiary/aromatic N) is 1. The van der Waals surface area contributed by atoms with E-state index in [1.54, 1.807) is 11.0 Å². The van der Waals surface area contributed by atoms with Gasteiger partial charge in [-0.2, -0.15) is 0 Å². The minimum atomic E-state index is -0.283. The molecule has 4 rings (SSSR count). The van der Waals surface area contributed by atoms with Crippen LogP contribution in [0, 0.1) is 5.82 Å². The maximum Gasteiger partial charge on any atom is 0.242 e. The lowest BCUT2D eigenvalue weighted by molar-refractivity contribution is -0.116. The number of para-hydroxylation sites is 1. The topological polar surface area (TPSA) is 36.1 Å². The van der Waals surface area contributed by atoms with Gasteiger partial charge in [0.1, 0.15) is 11.7 Å². The number of hydrogen-bond donors (Lipinski definition) is 1. The second-order valence-electron chi connectivity index (χ2n) is 6.53. The van der Waals surface area contributed by atoms with Gasteiger partial charge in [-0.15, -0.1) is 11.6 Å². The standard InChI is InChI=1S/C23H18ClFN2O/c24-14-23(28)27(15-16-6-2-1-3-7-16)22-9-5-4-8-19(22)21-13-17-12-18(25)10-11-20(17)26-21/h1-13,26H,14-15H2. The summed E-state index contributed by atoms with van der Waals surface area (Å²) in [5, 5.41) is 0.781. The van der Waals surface area contributed by atoms with Gasteiger partial charge in [0.25, 0.3) is 0 Å². The molecule has 3 aromatic carbocycles. The highest BCUT2D eigenvalue weighted by atomic mass is 35.5. The molecular weight excluding hydrogens is 375 g/mol. The summed E-state index contributed by atoms with van der Waals surface area (Å²) in [7, 11) is 0. The number of anilines is 1. The zero-order valence-corrected chi connectivity index (χ0v) is 15.8. The van der Waals surface area contributed by atoms with Gasteiger partial charge in [-0.3, -0.25) is 4.79 Å². The summed E-state index contributed by atoms with van der Waals surface area (Å²) in [4.78, 5) is 17.7. The van der Waals surface area contributed by atoms with E-state index in [1.165, 1.54) is 12.1 Å². The van der Waals surface area contributed by atoms with Crippen molar-refractivity contribution < 1.29 is 9.18 Å². The van der Waals surface area contributed by atoms with Crippen LogP contribution >= 0.6 is 11.6 Å². The highest BCUT2D eigenvalue weighted by molar-refractivity contribution is 6.29. The molecule has 0 unspecified atom stereocenters. The summed E-state index contributed by atoms with van der Waals surface area (Å²) < 4.78 is 13.6. The van der Waals surface area contributed by atoms with Crippen molar-refractivity contribution in [3.8, 4) is 11.3 Å². The molecule has 1 amide bonds. The van der Waals surface area contributed by atoms with Crippen LogP contribution in [0.25, 0.3) is 22.2 Å². The highest BCUT2D eigenvalue weighted by Crippen LogP contribution is 2.33. The first-order chi connectivity index (χ1) is 13.7. The van der Waals surface area contributed by atoms with Gasteiger partial charge in [-0.1, -0.05) is 48.5 Å². The first kappa shape index (κ1) is 18.3. The summed E-state index contributed by atoms with van der Waals surface area (Å²) in [5.41, 5.74) is 4.27. The average molecular weight is 393 g/mol. The second-order valence-corrected chi connectivity index (χ2v) is 6.80. The number of fused-ring (bicyclic) bond motifs is 1. The first-order valence-electron chi connectivity index (χ1n) is 8.93. The van der Waals surface area contributed by atoms with Crippen molar-refractivity contribution in [1.82, 2.24) is 4.98 Å². The van der Waals surface area contributed by atoms with E-state index in [-0.39, 0.29) is 17.6 Å². The summed E-state index contributed by atoms with van der Waals surface area (Å²) in [6, 6.07) is 23.9. The molecule has 0 bridgehead atoms. The molecule has 1 aromatic heterocycles. The van der Waals surface area contributed by atoms with Crippen LogP contribution in [0.2, 0.25) is 0 Å². The molecule has 0 saturated carbocycles. The zero-order valence-electron chi connectivity index (χ0n) is 15.0. The lowest BCUT2D eigenvalue weighted by atomic mass is 10.1. The third-order valence-electron chi connectivity index (χ3n) is 4.67. The molecule has 0 aliphatic heterocycles. The van der Waals surface area contributed by atoms with Crippen LogP contribution in [0.1, 0.15) is 5.56 Å². The zero-order chi connectivity index (χ0) is 19.5. The molecule has 28 heavy (non-hydrogen) atoms. The van der Waals surface area contributed by atoms with Crippen molar-refractivity contribution in [2.24, 2.45) is 0 Å². The van der Waals surface area contributed by atoms with Crippen LogP contribution in [0.15, 0.2) is 78.9 Å². The van der Waals surface area contributed by atoms with E-state index in [2.05, 4.69) is 4.98 Å². The SMILES string of the molecule is O=C(CCl)N(Cc1ccccc1)c1ccccc1-c1cc2cc(F)ccc2[nH]1. The van der Waals surface area contributed by atoms with Crippen LogP contribution in [0.5, 0.6) is 0 Å². The Bertz CT molecular complexity index is 1120. The monoisotopic (exact) mass is 392 g/mol. The summed E-state index contributed by atoms with van der Waals surface area (Å²) in [6.45, 7) is 0.415. The molecule has 0 aliphatic carbocycles. The van der Waals surface area contributed by atoms with E-state index in [1.807, 2.05) is 60.7 Å². The minimum absolute atomic E-state index is 0.112. The van der Waals surface area contributed by atoms with Crippen molar-refractivity contribution in [3.05, 3.63) is 90.2 Å². The van der Waals surface area contributed by atoms with Crippen molar-refractivity contribution in [1.29, 1.82) is 0 Å². The average Bonchev–Trinajstić information content (AvgIpc) is 3.15. The Morgan fingerprint density at radius 2 is 1.71 bits per heavy atom. The van der Waals surface area contributed by atoms with E-state index in [4.69, 9.17) is 11.6 Å².